The van der Waals surface area contributed by atoms with Gasteiger partial charge in [-0.05, 0) is 68.2 Å². The average molecular weight is 237 g/mol. The molecular weight excluding hydrogens is 206 g/mol. The van der Waals surface area contributed by atoms with Gasteiger partial charge in [-0.15, -0.1) is 0 Å². The molecule has 0 spiro atoms. The molecule has 1 N–H and O–H groups in total. The van der Waals surface area contributed by atoms with Gasteiger partial charge in [0, 0.05) is 6.04 Å². The highest BCUT2D eigenvalue weighted by atomic mass is 14.9. The monoisotopic (exact) mass is 237 g/mol. The molecule has 2 unspecified atom stereocenters. The van der Waals surface area contributed by atoms with Crippen molar-refractivity contribution in [3.05, 3.63) is 0 Å². The molecule has 0 amide bonds. The lowest BCUT2D eigenvalue weighted by Gasteiger charge is -2.39. The van der Waals surface area contributed by atoms with Crippen molar-refractivity contribution in [3.8, 4) is 0 Å². The Morgan fingerprint density at radius 1 is 1.00 bits per heavy atom. The minimum Gasteiger partial charge on any atom is -0.314 e. The summed E-state index contributed by atoms with van der Waals surface area (Å²) < 4.78 is 0. The summed E-state index contributed by atoms with van der Waals surface area (Å²) in [5, 5.41) is 3.70. The second-order valence-corrected chi connectivity index (χ2v) is 7.40. The topological polar surface area (TPSA) is 12.0 Å². The zero-order chi connectivity index (χ0) is 12.5. The Hall–Kier alpha value is -0.0400. The maximum atomic E-state index is 3.70. The van der Waals surface area contributed by atoms with Gasteiger partial charge in [-0.3, -0.25) is 0 Å². The maximum Gasteiger partial charge on any atom is 0.00958 e. The third-order valence-electron chi connectivity index (χ3n) is 5.44. The van der Waals surface area contributed by atoms with Crippen molar-refractivity contribution in [3.63, 3.8) is 0 Å². The molecule has 1 heterocycles. The molecule has 100 valence electrons. The van der Waals surface area contributed by atoms with Gasteiger partial charge in [0.25, 0.3) is 0 Å². The Labute approximate surface area is 108 Å². The van der Waals surface area contributed by atoms with Crippen LogP contribution in [0.25, 0.3) is 0 Å². The predicted octanol–water partition coefficient (Wildman–Crippen LogP) is 4.23. The van der Waals surface area contributed by atoms with Gasteiger partial charge in [0.1, 0.15) is 0 Å². The summed E-state index contributed by atoms with van der Waals surface area (Å²) in [6.45, 7) is 10.9. The SMILES string of the molecule is CCC1NCCC1C1CCC(C(C)(C)C)CC1. The highest BCUT2D eigenvalue weighted by molar-refractivity contribution is 4.90. The molecule has 0 aromatic carbocycles. The Bertz CT molecular complexity index is 232. The highest BCUT2D eigenvalue weighted by Crippen LogP contribution is 2.44. The van der Waals surface area contributed by atoms with Gasteiger partial charge in [0.05, 0.1) is 0 Å². The van der Waals surface area contributed by atoms with E-state index in [0.29, 0.717) is 5.41 Å². The minimum atomic E-state index is 0.531. The van der Waals surface area contributed by atoms with E-state index in [9.17, 15) is 0 Å². The molecule has 1 aliphatic heterocycles. The van der Waals surface area contributed by atoms with Gasteiger partial charge >= 0.3 is 0 Å². The van der Waals surface area contributed by atoms with E-state index in [2.05, 4.69) is 33.0 Å². The van der Waals surface area contributed by atoms with Crippen molar-refractivity contribution >= 4 is 0 Å². The molecule has 1 heteroatoms. The molecule has 1 nitrogen and oxygen atoms in total. The normalized spacial score (nSPS) is 39.5. The number of rotatable bonds is 2. The van der Waals surface area contributed by atoms with Crippen molar-refractivity contribution in [2.24, 2.45) is 23.2 Å². The zero-order valence-corrected chi connectivity index (χ0v) is 12.3. The van der Waals surface area contributed by atoms with E-state index in [1.807, 2.05) is 0 Å². The second-order valence-electron chi connectivity index (χ2n) is 7.40. The smallest absolute Gasteiger partial charge is 0.00958 e. The van der Waals surface area contributed by atoms with Crippen LogP contribution in [0.3, 0.4) is 0 Å². The van der Waals surface area contributed by atoms with E-state index in [1.165, 1.54) is 45.1 Å². The summed E-state index contributed by atoms with van der Waals surface area (Å²) in [5.74, 6) is 2.97. The van der Waals surface area contributed by atoms with Crippen LogP contribution < -0.4 is 5.32 Å². The van der Waals surface area contributed by atoms with Crippen molar-refractivity contribution < 1.29 is 0 Å². The van der Waals surface area contributed by atoms with Crippen LogP contribution in [-0.4, -0.2) is 12.6 Å². The molecule has 2 rings (SSSR count). The maximum absolute atomic E-state index is 3.70. The first-order valence-corrected chi connectivity index (χ1v) is 7.75. The van der Waals surface area contributed by atoms with Crippen molar-refractivity contribution in [2.45, 2.75) is 72.3 Å². The first kappa shape index (κ1) is 13.4. The van der Waals surface area contributed by atoms with Crippen LogP contribution >= 0.6 is 0 Å². The van der Waals surface area contributed by atoms with Crippen LogP contribution in [0.4, 0.5) is 0 Å². The van der Waals surface area contributed by atoms with Crippen LogP contribution in [0.1, 0.15) is 66.2 Å². The summed E-state index contributed by atoms with van der Waals surface area (Å²) in [6, 6.07) is 0.825. The molecule has 0 aromatic heterocycles. The minimum absolute atomic E-state index is 0.531. The van der Waals surface area contributed by atoms with Crippen molar-refractivity contribution in [1.29, 1.82) is 0 Å². The third kappa shape index (κ3) is 3.05. The molecule has 0 aromatic rings. The quantitative estimate of drug-likeness (QED) is 0.758. The van der Waals surface area contributed by atoms with Gasteiger partial charge in [-0.2, -0.15) is 0 Å². The second kappa shape index (κ2) is 5.30. The first-order chi connectivity index (χ1) is 8.02. The Kier molecular flexibility index (Phi) is 4.18. The van der Waals surface area contributed by atoms with Crippen LogP contribution in [0.15, 0.2) is 0 Å². The predicted molar refractivity (Wildman–Crippen MR) is 75.1 cm³/mol. The van der Waals surface area contributed by atoms with Crippen LogP contribution in [0, 0.1) is 23.2 Å². The summed E-state index contributed by atoms with van der Waals surface area (Å²) in [6.07, 6.45) is 8.69. The van der Waals surface area contributed by atoms with Gasteiger partial charge in [-0.1, -0.05) is 27.7 Å². The fourth-order valence-corrected chi connectivity index (χ4v) is 4.21. The van der Waals surface area contributed by atoms with Gasteiger partial charge < -0.3 is 5.32 Å². The highest BCUT2D eigenvalue weighted by Gasteiger charge is 2.36. The number of nitrogens with one attached hydrogen (secondary N) is 1. The van der Waals surface area contributed by atoms with E-state index in [-0.39, 0.29) is 0 Å². The standard InChI is InChI=1S/C16H31N/c1-5-15-14(10-11-17-15)12-6-8-13(9-7-12)16(2,3)4/h12-15,17H,5-11H2,1-4H3. The third-order valence-corrected chi connectivity index (χ3v) is 5.44. The first-order valence-electron chi connectivity index (χ1n) is 7.75. The Morgan fingerprint density at radius 2 is 1.65 bits per heavy atom. The van der Waals surface area contributed by atoms with E-state index in [4.69, 9.17) is 0 Å². The summed E-state index contributed by atoms with van der Waals surface area (Å²) >= 11 is 0. The molecule has 1 saturated carbocycles. The zero-order valence-electron chi connectivity index (χ0n) is 12.3. The van der Waals surface area contributed by atoms with Crippen molar-refractivity contribution in [1.82, 2.24) is 5.32 Å². The number of hydrogen-bond donors (Lipinski definition) is 1. The molecule has 0 radical (unpaired) electrons. The van der Waals surface area contributed by atoms with Gasteiger partial charge in [0.15, 0.2) is 0 Å². The molecule has 2 fully saturated rings. The summed E-state index contributed by atoms with van der Waals surface area (Å²) in [4.78, 5) is 0. The average Bonchev–Trinajstić information content (AvgIpc) is 2.76. The largest absolute Gasteiger partial charge is 0.314 e. The molecule has 1 aliphatic carbocycles. The molecule has 17 heavy (non-hydrogen) atoms. The van der Waals surface area contributed by atoms with E-state index >= 15 is 0 Å². The summed E-state index contributed by atoms with van der Waals surface area (Å²) in [7, 11) is 0. The van der Waals surface area contributed by atoms with E-state index in [1.54, 1.807) is 0 Å². The molecule has 1 saturated heterocycles. The van der Waals surface area contributed by atoms with Crippen molar-refractivity contribution in [2.75, 3.05) is 6.54 Å². The van der Waals surface area contributed by atoms with E-state index in [0.717, 1.165) is 23.8 Å². The van der Waals surface area contributed by atoms with Gasteiger partial charge in [0.2, 0.25) is 0 Å². The molecule has 2 atom stereocenters. The molecule has 0 bridgehead atoms. The Morgan fingerprint density at radius 3 is 2.18 bits per heavy atom. The molecule has 2 aliphatic rings. The number of hydrogen-bond acceptors (Lipinski definition) is 1. The van der Waals surface area contributed by atoms with Crippen LogP contribution in [-0.2, 0) is 0 Å². The van der Waals surface area contributed by atoms with E-state index < -0.39 is 0 Å². The lowest BCUT2D eigenvalue weighted by atomic mass is 9.66. The Balaban J connectivity index is 1.86. The fraction of sp³-hybridized carbons (Fsp3) is 1.00. The van der Waals surface area contributed by atoms with Crippen LogP contribution in [0.2, 0.25) is 0 Å². The van der Waals surface area contributed by atoms with Gasteiger partial charge in [-0.25, -0.2) is 0 Å². The summed E-state index contributed by atoms with van der Waals surface area (Å²) in [5.41, 5.74) is 0.531. The lowest BCUT2D eigenvalue weighted by molar-refractivity contribution is 0.118. The van der Waals surface area contributed by atoms with Crippen LogP contribution in [0.5, 0.6) is 0 Å². The molecular formula is C16H31N. The fourth-order valence-electron chi connectivity index (χ4n) is 4.21. The lowest BCUT2D eigenvalue weighted by Crippen LogP contribution is -2.34.